The zero-order chi connectivity index (χ0) is 24.6. The van der Waals surface area contributed by atoms with Crippen LogP contribution in [0, 0.1) is 6.92 Å². The highest BCUT2D eigenvalue weighted by Gasteiger charge is 2.16. The molecule has 35 heavy (non-hydrogen) atoms. The van der Waals surface area contributed by atoms with Gasteiger partial charge in [-0.25, -0.2) is 4.68 Å². The monoisotopic (exact) mass is 468 g/mol. The molecule has 7 heteroatoms. The van der Waals surface area contributed by atoms with Gasteiger partial charge in [-0.3, -0.25) is 9.59 Å². The quantitative estimate of drug-likeness (QED) is 0.338. The molecule has 0 spiro atoms. The van der Waals surface area contributed by atoms with Crippen molar-refractivity contribution in [2.45, 2.75) is 19.8 Å². The number of carbonyl (C=O) groups is 2. The zero-order valence-electron chi connectivity index (χ0n) is 19.8. The minimum absolute atomic E-state index is 0.148. The van der Waals surface area contributed by atoms with Crippen LogP contribution >= 0.6 is 0 Å². The molecule has 0 radical (unpaired) electrons. The molecule has 0 fully saturated rings. The Balaban J connectivity index is 1.46. The highest BCUT2D eigenvalue weighted by atomic mass is 16.5. The van der Waals surface area contributed by atoms with Crippen LogP contribution in [0.1, 0.15) is 28.8 Å². The van der Waals surface area contributed by atoms with Crippen molar-refractivity contribution in [3.8, 4) is 22.7 Å². The third-order valence-corrected chi connectivity index (χ3v) is 5.54. The fourth-order valence-electron chi connectivity index (χ4n) is 3.69. The van der Waals surface area contributed by atoms with E-state index in [-0.39, 0.29) is 18.2 Å². The molecule has 0 aliphatic heterocycles. The number of anilines is 1. The molecule has 178 valence electrons. The van der Waals surface area contributed by atoms with Crippen LogP contribution in [0.2, 0.25) is 0 Å². The molecule has 2 amide bonds. The molecule has 0 aliphatic carbocycles. The van der Waals surface area contributed by atoms with Crippen molar-refractivity contribution in [3.63, 3.8) is 0 Å². The molecule has 0 atom stereocenters. The Morgan fingerprint density at radius 3 is 2.40 bits per heavy atom. The number of ether oxygens (including phenoxy) is 1. The fourth-order valence-corrected chi connectivity index (χ4v) is 3.69. The van der Waals surface area contributed by atoms with Crippen molar-refractivity contribution in [2.24, 2.45) is 0 Å². The molecule has 4 rings (SSSR count). The predicted octanol–water partition coefficient (Wildman–Crippen LogP) is 5.01. The van der Waals surface area contributed by atoms with Crippen molar-refractivity contribution in [2.75, 3.05) is 19.0 Å². The maximum absolute atomic E-state index is 12.7. The number of methoxy groups -OCH3 is 1. The van der Waals surface area contributed by atoms with Gasteiger partial charge in [-0.05, 0) is 49.7 Å². The van der Waals surface area contributed by atoms with Gasteiger partial charge in [-0.1, -0.05) is 48.0 Å². The van der Waals surface area contributed by atoms with Crippen LogP contribution in [0.5, 0.6) is 5.75 Å². The molecule has 0 bridgehead atoms. The van der Waals surface area contributed by atoms with Gasteiger partial charge in [0.15, 0.2) is 0 Å². The summed E-state index contributed by atoms with van der Waals surface area (Å²) in [6.45, 7) is 2.43. The van der Waals surface area contributed by atoms with E-state index < -0.39 is 0 Å². The predicted molar refractivity (Wildman–Crippen MR) is 137 cm³/mol. The minimum Gasteiger partial charge on any atom is -0.496 e. The van der Waals surface area contributed by atoms with E-state index in [0.717, 1.165) is 16.8 Å². The van der Waals surface area contributed by atoms with Gasteiger partial charge in [-0.2, -0.15) is 5.10 Å². The first kappa shape index (κ1) is 23.8. The first-order valence-corrected chi connectivity index (χ1v) is 11.5. The highest BCUT2D eigenvalue weighted by Crippen LogP contribution is 2.31. The van der Waals surface area contributed by atoms with E-state index in [1.807, 2.05) is 79.7 Å². The van der Waals surface area contributed by atoms with E-state index in [1.54, 1.807) is 23.9 Å². The van der Waals surface area contributed by atoms with Crippen LogP contribution in [-0.2, 0) is 4.79 Å². The van der Waals surface area contributed by atoms with Crippen molar-refractivity contribution >= 4 is 17.6 Å². The second-order valence-electron chi connectivity index (χ2n) is 8.14. The Hall–Kier alpha value is -4.39. The number of amides is 2. The van der Waals surface area contributed by atoms with E-state index in [9.17, 15) is 9.59 Å². The van der Waals surface area contributed by atoms with E-state index in [4.69, 9.17) is 9.84 Å². The summed E-state index contributed by atoms with van der Waals surface area (Å²) < 4.78 is 7.22. The first-order chi connectivity index (χ1) is 17.0. The Kier molecular flexibility index (Phi) is 7.57. The van der Waals surface area contributed by atoms with Crippen LogP contribution in [0.4, 0.5) is 5.82 Å². The van der Waals surface area contributed by atoms with Gasteiger partial charge in [0, 0.05) is 30.2 Å². The van der Waals surface area contributed by atoms with Gasteiger partial charge in [-0.15, -0.1) is 0 Å². The van der Waals surface area contributed by atoms with Crippen molar-refractivity contribution in [1.82, 2.24) is 15.1 Å². The highest BCUT2D eigenvalue weighted by molar-refractivity contribution is 5.94. The molecule has 0 saturated heterocycles. The number of rotatable bonds is 9. The second-order valence-corrected chi connectivity index (χ2v) is 8.14. The molecule has 3 aromatic carbocycles. The maximum atomic E-state index is 12.7. The number of carbonyl (C=O) groups excluding carboxylic acids is 2. The number of nitrogens with one attached hydrogen (secondary N) is 2. The van der Waals surface area contributed by atoms with Gasteiger partial charge < -0.3 is 15.4 Å². The molecule has 0 saturated carbocycles. The summed E-state index contributed by atoms with van der Waals surface area (Å²) in [4.78, 5) is 24.9. The van der Waals surface area contributed by atoms with Crippen LogP contribution in [0.3, 0.4) is 0 Å². The molecule has 1 aromatic heterocycles. The Morgan fingerprint density at radius 2 is 1.66 bits per heavy atom. The van der Waals surface area contributed by atoms with Gasteiger partial charge in [0.2, 0.25) is 5.91 Å². The minimum atomic E-state index is -0.154. The average molecular weight is 469 g/mol. The first-order valence-electron chi connectivity index (χ1n) is 11.5. The average Bonchev–Trinajstić information content (AvgIpc) is 3.30. The summed E-state index contributed by atoms with van der Waals surface area (Å²) in [5, 5.41) is 10.6. The molecule has 4 aromatic rings. The van der Waals surface area contributed by atoms with Crippen molar-refractivity contribution in [1.29, 1.82) is 0 Å². The lowest BCUT2D eigenvalue weighted by Crippen LogP contribution is -2.25. The summed E-state index contributed by atoms with van der Waals surface area (Å²) in [6, 6.07) is 26.4. The molecular formula is C28H28N4O3. The third-order valence-electron chi connectivity index (χ3n) is 5.54. The van der Waals surface area contributed by atoms with Gasteiger partial charge in [0.1, 0.15) is 11.6 Å². The van der Waals surface area contributed by atoms with Gasteiger partial charge in [0.25, 0.3) is 5.91 Å². The number of aromatic nitrogens is 2. The summed E-state index contributed by atoms with van der Waals surface area (Å²) >= 11 is 0. The number of aryl methyl sites for hydroxylation is 1. The van der Waals surface area contributed by atoms with Crippen LogP contribution in [0.15, 0.2) is 84.9 Å². The number of benzene rings is 3. The van der Waals surface area contributed by atoms with Crippen molar-refractivity contribution in [3.05, 3.63) is 96.1 Å². The zero-order valence-corrected chi connectivity index (χ0v) is 19.8. The van der Waals surface area contributed by atoms with Gasteiger partial charge >= 0.3 is 0 Å². The van der Waals surface area contributed by atoms with E-state index in [1.165, 1.54) is 0 Å². The summed E-state index contributed by atoms with van der Waals surface area (Å²) in [5.74, 6) is 0.963. The summed E-state index contributed by atoms with van der Waals surface area (Å²) in [6.07, 6.45) is 0.778. The van der Waals surface area contributed by atoms with E-state index in [0.29, 0.717) is 35.8 Å². The Labute approximate surface area is 204 Å². The SMILES string of the molecule is COc1ccccc1-c1cc(NC(=O)CCCNC(=O)c2ccccc2)n(-c2ccc(C)cc2)n1. The fraction of sp³-hybridized carbons (Fsp3) is 0.179. The molecule has 2 N–H and O–H groups in total. The van der Waals surface area contributed by atoms with E-state index >= 15 is 0 Å². The van der Waals surface area contributed by atoms with Gasteiger partial charge in [0.05, 0.1) is 18.5 Å². The normalized spacial score (nSPS) is 10.6. The van der Waals surface area contributed by atoms with E-state index in [2.05, 4.69) is 10.6 Å². The number of hydrogen-bond acceptors (Lipinski definition) is 4. The van der Waals surface area contributed by atoms with Crippen LogP contribution in [-0.4, -0.2) is 35.2 Å². The smallest absolute Gasteiger partial charge is 0.251 e. The summed E-state index contributed by atoms with van der Waals surface area (Å²) in [5.41, 5.74) is 4.09. The number of para-hydroxylation sites is 1. The molecule has 0 unspecified atom stereocenters. The molecule has 0 aliphatic rings. The number of hydrogen-bond donors (Lipinski definition) is 2. The lowest BCUT2D eigenvalue weighted by atomic mass is 10.1. The Bertz CT molecular complexity index is 1300. The number of nitrogens with zero attached hydrogens (tertiary/aromatic N) is 2. The topological polar surface area (TPSA) is 85.3 Å². The van der Waals surface area contributed by atoms with Crippen LogP contribution in [0.25, 0.3) is 16.9 Å². The molecule has 1 heterocycles. The lowest BCUT2D eigenvalue weighted by Gasteiger charge is -2.10. The lowest BCUT2D eigenvalue weighted by molar-refractivity contribution is -0.116. The Morgan fingerprint density at radius 1 is 0.943 bits per heavy atom. The largest absolute Gasteiger partial charge is 0.496 e. The molecule has 7 nitrogen and oxygen atoms in total. The third kappa shape index (κ3) is 5.95. The molecular weight excluding hydrogens is 440 g/mol. The van der Waals surface area contributed by atoms with Crippen molar-refractivity contribution < 1.29 is 14.3 Å². The van der Waals surface area contributed by atoms with Crippen LogP contribution < -0.4 is 15.4 Å². The standard InChI is InChI=1S/C28H28N4O3/c1-20-14-16-22(17-15-20)32-26(19-24(31-32)23-11-6-7-12-25(23)35-2)30-27(33)13-8-18-29-28(34)21-9-4-3-5-10-21/h3-7,9-12,14-17,19H,8,13,18H2,1-2H3,(H,29,34)(H,30,33). The maximum Gasteiger partial charge on any atom is 0.251 e. The second kappa shape index (κ2) is 11.2. The summed E-state index contributed by atoms with van der Waals surface area (Å²) in [7, 11) is 1.62.